The maximum atomic E-state index is 13.3. The quantitative estimate of drug-likeness (QED) is 0.254. The van der Waals surface area contributed by atoms with E-state index in [1.807, 2.05) is 91.1 Å². The number of hydrogen-bond acceptors (Lipinski definition) is 6. The molecule has 0 aliphatic rings. The van der Waals surface area contributed by atoms with E-state index < -0.39 is 0 Å². The zero-order valence-corrected chi connectivity index (χ0v) is 21.6. The minimum absolute atomic E-state index is 0.232. The number of halogens is 1. The Hall–Kier alpha value is -4.53. The Morgan fingerprint density at radius 3 is 2.39 bits per heavy atom. The van der Waals surface area contributed by atoms with E-state index in [0.717, 1.165) is 33.8 Å². The summed E-state index contributed by atoms with van der Waals surface area (Å²) in [5.41, 5.74) is 3.91. The summed E-state index contributed by atoms with van der Waals surface area (Å²) in [6.07, 6.45) is 5.44. The molecule has 0 aliphatic carbocycles. The Morgan fingerprint density at radius 2 is 1.68 bits per heavy atom. The first-order valence-corrected chi connectivity index (χ1v) is 12.9. The van der Waals surface area contributed by atoms with E-state index in [4.69, 9.17) is 21.4 Å². The molecule has 0 amide bonds. The second-order valence-corrected chi connectivity index (χ2v) is 9.84. The van der Waals surface area contributed by atoms with Gasteiger partial charge < -0.3 is 4.74 Å². The highest BCUT2D eigenvalue weighted by Crippen LogP contribution is 2.26. The second kappa shape index (κ2) is 10.1. The molecule has 3 heterocycles. The SMILES string of the molecule is C=CCOc1ccc(-c2nc3sc(=Cc4cn(-c5ccccc5)nc4-c4ccc(Cl)cc4)c(=O)n3n2)cc1. The van der Waals surface area contributed by atoms with Gasteiger partial charge in [-0.05, 0) is 54.6 Å². The van der Waals surface area contributed by atoms with Crippen LogP contribution < -0.4 is 14.8 Å². The number of thiazole rings is 1. The van der Waals surface area contributed by atoms with E-state index in [2.05, 4.69) is 16.7 Å². The summed E-state index contributed by atoms with van der Waals surface area (Å²) < 4.78 is 9.19. The number of para-hydroxylation sites is 1. The van der Waals surface area contributed by atoms with Crippen LogP contribution in [-0.2, 0) is 0 Å². The molecule has 186 valence electrons. The van der Waals surface area contributed by atoms with Gasteiger partial charge in [0.05, 0.1) is 10.2 Å². The normalized spacial score (nSPS) is 11.8. The standard InChI is InChI=1S/C29H20ClN5O2S/c1-2-16-37-24-14-10-20(11-15-24)27-31-29-35(33-27)28(36)25(38-29)17-21-18-34(23-6-4-3-5-7-23)32-26(21)19-8-12-22(30)13-9-19/h2-15,17-18H,1,16H2. The van der Waals surface area contributed by atoms with Crippen molar-refractivity contribution in [3.8, 4) is 34.1 Å². The molecule has 0 bridgehead atoms. The van der Waals surface area contributed by atoms with Gasteiger partial charge in [0.15, 0.2) is 5.82 Å². The summed E-state index contributed by atoms with van der Waals surface area (Å²) >= 11 is 7.40. The fourth-order valence-corrected chi connectivity index (χ4v) is 5.02. The molecule has 0 aliphatic heterocycles. The van der Waals surface area contributed by atoms with Crippen molar-refractivity contribution in [2.75, 3.05) is 6.61 Å². The van der Waals surface area contributed by atoms with E-state index in [1.54, 1.807) is 10.8 Å². The molecule has 0 unspecified atom stereocenters. The van der Waals surface area contributed by atoms with Gasteiger partial charge in [-0.1, -0.05) is 65.9 Å². The van der Waals surface area contributed by atoms with Crippen molar-refractivity contribution in [2.45, 2.75) is 0 Å². The Kier molecular flexibility index (Phi) is 6.33. The van der Waals surface area contributed by atoms with Crippen LogP contribution in [0.1, 0.15) is 5.56 Å². The lowest BCUT2D eigenvalue weighted by Crippen LogP contribution is -2.23. The number of hydrogen-bond donors (Lipinski definition) is 0. The van der Waals surface area contributed by atoms with Crippen LogP contribution in [0.5, 0.6) is 5.75 Å². The van der Waals surface area contributed by atoms with Crippen LogP contribution in [0, 0.1) is 0 Å². The van der Waals surface area contributed by atoms with Gasteiger partial charge in [0, 0.05) is 27.9 Å². The van der Waals surface area contributed by atoms with Crippen molar-refractivity contribution in [3.63, 3.8) is 0 Å². The molecule has 9 heteroatoms. The Balaban J connectivity index is 1.40. The largest absolute Gasteiger partial charge is 0.490 e. The molecular weight excluding hydrogens is 518 g/mol. The topological polar surface area (TPSA) is 74.3 Å². The summed E-state index contributed by atoms with van der Waals surface area (Å²) in [5.74, 6) is 1.21. The zero-order valence-electron chi connectivity index (χ0n) is 20.0. The molecule has 3 aromatic heterocycles. The lowest BCUT2D eigenvalue weighted by Gasteiger charge is -2.02. The highest BCUT2D eigenvalue weighted by molar-refractivity contribution is 7.15. The molecule has 0 atom stereocenters. The first-order chi connectivity index (χ1) is 18.6. The van der Waals surface area contributed by atoms with Crippen LogP contribution in [0.4, 0.5) is 0 Å². The zero-order chi connectivity index (χ0) is 26.1. The third-order valence-electron chi connectivity index (χ3n) is 5.83. The lowest BCUT2D eigenvalue weighted by molar-refractivity contribution is 0.363. The van der Waals surface area contributed by atoms with Gasteiger partial charge in [0.25, 0.3) is 5.56 Å². The molecule has 0 N–H and O–H groups in total. The maximum Gasteiger partial charge on any atom is 0.291 e. The molecule has 0 radical (unpaired) electrons. The third-order valence-corrected chi connectivity index (χ3v) is 7.04. The number of fused-ring (bicyclic) bond motifs is 1. The fourth-order valence-electron chi connectivity index (χ4n) is 3.99. The molecule has 0 saturated carbocycles. The molecule has 7 nitrogen and oxygen atoms in total. The maximum absolute atomic E-state index is 13.3. The van der Waals surface area contributed by atoms with E-state index >= 15 is 0 Å². The Bertz CT molecular complexity index is 1860. The number of nitrogens with zero attached hydrogens (tertiary/aromatic N) is 5. The van der Waals surface area contributed by atoms with Crippen molar-refractivity contribution in [1.29, 1.82) is 0 Å². The Morgan fingerprint density at radius 1 is 0.947 bits per heavy atom. The average Bonchev–Trinajstić information content (AvgIpc) is 3.64. The van der Waals surface area contributed by atoms with Crippen molar-refractivity contribution >= 4 is 34.0 Å². The Labute approximate surface area is 226 Å². The van der Waals surface area contributed by atoms with Crippen LogP contribution in [-0.4, -0.2) is 31.0 Å². The fraction of sp³-hybridized carbons (Fsp3) is 0.0345. The lowest BCUT2D eigenvalue weighted by atomic mass is 10.1. The number of benzene rings is 3. The van der Waals surface area contributed by atoms with Gasteiger partial charge in [-0.2, -0.15) is 14.6 Å². The van der Waals surface area contributed by atoms with E-state index in [-0.39, 0.29) is 5.56 Å². The molecule has 38 heavy (non-hydrogen) atoms. The predicted molar refractivity (Wildman–Crippen MR) is 151 cm³/mol. The van der Waals surface area contributed by atoms with Crippen molar-refractivity contribution in [2.24, 2.45) is 0 Å². The number of rotatable bonds is 7. The molecule has 6 rings (SSSR count). The van der Waals surface area contributed by atoms with Crippen molar-refractivity contribution in [3.05, 3.63) is 123 Å². The summed E-state index contributed by atoms with van der Waals surface area (Å²) in [7, 11) is 0. The van der Waals surface area contributed by atoms with Gasteiger partial charge >= 0.3 is 0 Å². The number of ether oxygens (including phenoxy) is 1. The van der Waals surface area contributed by atoms with Crippen molar-refractivity contribution < 1.29 is 4.74 Å². The van der Waals surface area contributed by atoms with Gasteiger partial charge in [0.1, 0.15) is 18.1 Å². The summed E-state index contributed by atoms with van der Waals surface area (Å²) in [4.78, 5) is 18.4. The van der Waals surface area contributed by atoms with Crippen LogP contribution in [0.2, 0.25) is 5.02 Å². The van der Waals surface area contributed by atoms with E-state index in [9.17, 15) is 4.79 Å². The third kappa shape index (κ3) is 4.63. The first kappa shape index (κ1) is 23.8. The molecule has 3 aromatic carbocycles. The smallest absolute Gasteiger partial charge is 0.291 e. The van der Waals surface area contributed by atoms with Crippen LogP contribution >= 0.6 is 22.9 Å². The monoisotopic (exact) mass is 537 g/mol. The molecule has 0 saturated heterocycles. The molecule has 0 fully saturated rings. The van der Waals surface area contributed by atoms with E-state index in [1.165, 1.54) is 15.9 Å². The van der Waals surface area contributed by atoms with Crippen molar-refractivity contribution in [1.82, 2.24) is 24.4 Å². The highest BCUT2D eigenvalue weighted by atomic mass is 35.5. The summed E-state index contributed by atoms with van der Waals surface area (Å²) in [6, 6.07) is 24.7. The first-order valence-electron chi connectivity index (χ1n) is 11.8. The molecule has 0 spiro atoms. The van der Waals surface area contributed by atoms with Crippen LogP contribution in [0.3, 0.4) is 0 Å². The predicted octanol–water partition coefficient (Wildman–Crippen LogP) is 5.44. The van der Waals surface area contributed by atoms with E-state index in [0.29, 0.717) is 26.9 Å². The minimum Gasteiger partial charge on any atom is -0.490 e. The minimum atomic E-state index is -0.232. The summed E-state index contributed by atoms with van der Waals surface area (Å²) in [5, 5.41) is 9.93. The van der Waals surface area contributed by atoms with Gasteiger partial charge in [0.2, 0.25) is 4.96 Å². The average molecular weight is 538 g/mol. The van der Waals surface area contributed by atoms with Crippen LogP contribution in [0.25, 0.3) is 39.4 Å². The van der Waals surface area contributed by atoms with Gasteiger partial charge in [-0.15, -0.1) is 5.10 Å². The van der Waals surface area contributed by atoms with Gasteiger partial charge in [-0.25, -0.2) is 4.68 Å². The number of aromatic nitrogens is 5. The van der Waals surface area contributed by atoms with Gasteiger partial charge in [-0.3, -0.25) is 4.79 Å². The molecular formula is C29H20ClN5O2S. The second-order valence-electron chi connectivity index (χ2n) is 8.39. The molecule has 6 aromatic rings. The highest BCUT2D eigenvalue weighted by Gasteiger charge is 2.15. The van der Waals surface area contributed by atoms with Crippen LogP contribution in [0.15, 0.2) is 103 Å². The summed E-state index contributed by atoms with van der Waals surface area (Å²) in [6.45, 7) is 4.08.